The van der Waals surface area contributed by atoms with Gasteiger partial charge >= 0.3 is 0 Å². The van der Waals surface area contributed by atoms with Gasteiger partial charge in [0.2, 0.25) is 11.8 Å². The summed E-state index contributed by atoms with van der Waals surface area (Å²) in [4.78, 5) is 26.0. The zero-order valence-corrected chi connectivity index (χ0v) is 21.6. The molecule has 0 aliphatic rings. The Bertz CT molecular complexity index is 1080. The molecular weight excluding hydrogens is 478 g/mol. The molecule has 11 heteroatoms. The van der Waals surface area contributed by atoms with Crippen molar-refractivity contribution >= 4 is 23.3 Å². The molecule has 0 aliphatic carbocycles. The lowest BCUT2D eigenvalue weighted by molar-refractivity contribution is -0.131. The summed E-state index contributed by atoms with van der Waals surface area (Å²) in [6.07, 6.45) is -0.910. The van der Waals surface area contributed by atoms with Crippen molar-refractivity contribution in [1.82, 2.24) is 10.6 Å². The molecule has 0 aliphatic heterocycles. The van der Waals surface area contributed by atoms with Gasteiger partial charge in [-0.05, 0) is 42.2 Å². The van der Waals surface area contributed by atoms with Gasteiger partial charge < -0.3 is 41.4 Å². The Morgan fingerprint density at radius 1 is 1.03 bits per heavy atom. The van der Waals surface area contributed by atoms with E-state index in [2.05, 4.69) is 16.0 Å². The minimum Gasteiger partial charge on any atom is -0.493 e. The van der Waals surface area contributed by atoms with Crippen molar-refractivity contribution < 1.29 is 29.3 Å². The van der Waals surface area contributed by atoms with Crippen LogP contribution in [0.25, 0.3) is 0 Å². The van der Waals surface area contributed by atoms with Crippen molar-refractivity contribution in [3.63, 3.8) is 0 Å². The number of hydrogen-bond donors (Lipinski definition) is 7. The summed E-state index contributed by atoms with van der Waals surface area (Å²) in [5, 5.41) is 35.8. The molecule has 37 heavy (non-hydrogen) atoms. The zero-order chi connectivity index (χ0) is 27.5. The van der Waals surface area contributed by atoms with Crippen LogP contribution in [-0.2, 0) is 16.0 Å². The van der Waals surface area contributed by atoms with Crippen LogP contribution in [0.5, 0.6) is 11.5 Å². The van der Waals surface area contributed by atoms with Crippen molar-refractivity contribution in [2.75, 3.05) is 32.7 Å². The Balaban J connectivity index is 2.06. The highest BCUT2D eigenvalue weighted by molar-refractivity contribution is 5.96. The van der Waals surface area contributed by atoms with Gasteiger partial charge in [0.25, 0.3) is 0 Å². The van der Waals surface area contributed by atoms with E-state index in [1.165, 1.54) is 0 Å². The van der Waals surface area contributed by atoms with Crippen LogP contribution >= 0.6 is 0 Å². The maximum atomic E-state index is 13.1. The Labute approximate surface area is 216 Å². The minimum atomic E-state index is -1.44. The zero-order valence-electron chi connectivity index (χ0n) is 21.6. The number of nitrogen functional groups attached to an aromatic ring is 1. The van der Waals surface area contributed by atoms with E-state index in [4.69, 9.17) is 20.6 Å². The van der Waals surface area contributed by atoms with Crippen molar-refractivity contribution in [2.24, 2.45) is 11.7 Å². The van der Waals surface area contributed by atoms with E-state index >= 15 is 0 Å². The first-order chi connectivity index (χ1) is 17.6. The van der Waals surface area contributed by atoms with Gasteiger partial charge in [0.15, 0.2) is 11.5 Å². The molecule has 202 valence electrons. The largest absolute Gasteiger partial charge is 0.493 e. The summed E-state index contributed by atoms with van der Waals surface area (Å²) >= 11 is 0. The number of nitrogens with two attached hydrogens (primary N) is 1. The van der Waals surface area contributed by atoms with Gasteiger partial charge in [0.05, 0.1) is 20.8 Å². The number of aliphatic hydroxyl groups excluding tert-OH is 2. The molecule has 0 saturated heterocycles. The number of amides is 2. The highest BCUT2D eigenvalue weighted by Gasteiger charge is 2.31. The fraction of sp³-hybridized carbons (Fsp3) is 0.423. The lowest BCUT2D eigenvalue weighted by Gasteiger charge is -2.27. The number of benzene rings is 2. The summed E-state index contributed by atoms with van der Waals surface area (Å²) in [7, 11) is 3.11. The SMILES string of the molecule is COc1ccc(CCNC(=O)C(NC(=O)C(Nc2cccc(C(=N)N)c2)C(O)CO)C(C)C)cc1OC. The predicted octanol–water partition coefficient (Wildman–Crippen LogP) is 0.621. The van der Waals surface area contributed by atoms with Gasteiger partial charge in [-0.15, -0.1) is 0 Å². The van der Waals surface area contributed by atoms with E-state index in [0.29, 0.717) is 35.7 Å². The third-order valence-electron chi connectivity index (χ3n) is 5.76. The van der Waals surface area contributed by atoms with E-state index in [-0.39, 0.29) is 17.7 Å². The fourth-order valence-corrected chi connectivity index (χ4v) is 3.65. The van der Waals surface area contributed by atoms with Gasteiger partial charge in [0.1, 0.15) is 24.0 Å². The highest BCUT2D eigenvalue weighted by atomic mass is 16.5. The van der Waals surface area contributed by atoms with E-state index in [9.17, 15) is 19.8 Å². The molecule has 2 aromatic rings. The summed E-state index contributed by atoms with van der Waals surface area (Å²) in [6, 6.07) is 9.83. The number of hydrogen-bond acceptors (Lipinski definition) is 8. The topological polar surface area (TPSA) is 179 Å². The number of methoxy groups -OCH3 is 2. The summed E-state index contributed by atoms with van der Waals surface area (Å²) in [6.45, 7) is 3.23. The number of amidine groups is 1. The van der Waals surface area contributed by atoms with Crippen LogP contribution < -0.4 is 31.2 Å². The molecule has 11 nitrogen and oxygen atoms in total. The Morgan fingerprint density at radius 3 is 2.32 bits per heavy atom. The molecule has 0 spiro atoms. The molecule has 0 fully saturated rings. The molecule has 0 aromatic heterocycles. The first-order valence-electron chi connectivity index (χ1n) is 11.9. The van der Waals surface area contributed by atoms with Crippen LogP contribution in [0, 0.1) is 11.3 Å². The lowest BCUT2D eigenvalue weighted by atomic mass is 10.0. The first-order valence-corrected chi connectivity index (χ1v) is 11.9. The Kier molecular flexibility index (Phi) is 11.2. The van der Waals surface area contributed by atoms with E-state index in [0.717, 1.165) is 5.56 Å². The molecule has 2 aromatic carbocycles. The number of carbonyl (C=O) groups excluding carboxylic acids is 2. The maximum absolute atomic E-state index is 13.1. The average molecular weight is 516 g/mol. The van der Waals surface area contributed by atoms with Gasteiger partial charge in [-0.25, -0.2) is 0 Å². The molecule has 3 atom stereocenters. The molecule has 0 bridgehead atoms. The maximum Gasteiger partial charge on any atom is 0.245 e. The third-order valence-corrected chi connectivity index (χ3v) is 5.76. The molecule has 0 saturated carbocycles. The van der Waals surface area contributed by atoms with Gasteiger partial charge in [-0.3, -0.25) is 15.0 Å². The minimum absolute atomic E-state index is 0.156. The van der Waals surface area contributed by atoms with Crippen LogP contribution in [0.15, 0.2) is 42.5 Å². The normalized spacial score (nSPS) is 13.3. The van der Waals surface area contributed by atoms with E-state index in [1.54, 1.807) is 58.4 Å². The third kappa shape index (κ3) is 8.36. The number of ether oxygens (including phenoxy) is 2. The highest BCUT2D eigenvalue weighted by Crippen LogP contribution is 2.27. The van der Waals surface area contributed by atoms with Crippen LogP contribution in [0.1, 0.15) is 25.0 Å². The van der Waals surface area contributed by atoms with Crippen molar-refractivity contribution in [3.8, 4) is 11.5 Å². The number of rotatable bonds is 14. The van der Waals surface area contributed by atoms with Crippen molar-refractivity contribution in [3.05, 3.63) is 53.6 Å². The Hall–Kier alpha value is -3.83. The van der Waals surface area contributed by atoms with Crippen LogP contribution in [0.2, 0.25) is 0 Å². The molecule has 2 amide bonds. The van der Waals surface area contributed by atoms with Crippen LogP contribution in [-0.4, -0.2) is 73.4 Å². The first kappa shape index (κ1) is 29.4. The molecular formula is C26H37N5O6. The monoisotopic (exact) mass is 515 g/mol. The molecule has 3 unspecified atom stereocenters. The van der Waals surface area contributed by atoms with Crippen molar-refractivity contribution in [1.29, 1.82) is 5.41 Å². The smallest absolute Gasteiger partial charge is 0.245 e. The lowest BCUT2D eigenvalue weighted by Crippen LogP contribution is -2.56. The van der Waals surface area contributed by atoms with Gasteiger partial charge in [-0.1, -0.05) is 32.0 Å². The Morgan fingerprint density at radius 2 is 1.73 bits per heavy atom. The number of carbonyl (C=O) groups is 2. The second-order valence-corrected chi connectivity index (χ2v) is 8.83. The summed E-state index contributed by atoms with van der Waals surface area (Å²) in [5.74, 6) is -0.245. The fourth-order valence-electron chi connectivity index (χ4n) is 3.65. The second-order valence-electron chi connectivity index (χ2n) is 8.83. The predicted molar refractivity (Wildman–Crippen MR) is 141 cm³/mol. The molecule has 0 radical (unpaired) electrons. The quantitative estimate of drug-likeness (QED) is 0.141. The van der Waals surface area contributed by atoms with Gasteiger partial charge in [-0.2, -0.15) is 0 Å². The average Bonchev–Trinajstić information content (AvgIpc) is 2.89. The standard InChI is InChI=1S/C26H37N5O6/c1-15(2)22(25(34)29-11-10-16-8-9-20(36-3)21(12-16)37-4)31-26(35)23(19(33)14-32)30-18-7-5-6-17(13-18)24(27)28/h5-9,12-13,15,19,22-23,30,32-33H,10-11,14H2,1-4H3,(H3,27,28)(H,29,34)(H,31,35). The molecule has 8 N–H and O–H groups in total. The summed E-state index contributed by atoms with van der Waals surface area (Å²) < 4.78 is 10.5. The van der Waals surface area contributed by atoms with E-state index < -0.39 is 30.7 Å². The van der Waals surface area contributed by atoms with Gasteiger partial charge in [0, 0.05) is 17.8 Å². The van der Waals surface area contributed by atoms with E-state index in [1.807, 2.05) is 12.1 Å². The number of aliphatic hydroxyl groups is 2. The second kappa shape index (κ2) is 14.0. The molecule has 2 rings (SSSR count). The van der Waals surface area contributed by atoms with Crippen molar-refractivity contribution in [2.45, 2.75) is 38.5 Å². The number of anilines is 1. The van der Waals surface area contributed by atoms with Crippen LogP contribution in [0.3, 0.4) is 0 Å². The summed E-state index contributed by atoms with van der Waals surface area (Å²) in [5.41, 5.74) is 7.31. The van der Waals surface area contributed by atoms with Crippen LogP contribution in [0.4, 0.5) is 5.69 Å². The molecule has 0 heterocycles. The number of nitrogens with one attached hydrogen (secondary N) is 4.